The highest BCUT2D eigenvalue weighted by molar-refractivity contribution is 7.20. The van der Waals surface area contributed by atoms with Crippen LogP contribution in [0.3, 0.4) is 0 Å². The lowest BCUT2D eigenvalue weighted by molar-refractivity contribution is 0.492. The third kappa shape index (κ3) is 0.522. The number of rotatable bonds is 0. The first-order chi connectivity index (χ1) is 4.79. The molecule has 3 N–H and O–H groups in total. The molecule has 52 valence electrons. The number of nitrogen functional groups attached to an aromatic ring is 1. The van der Waals surface area contributed by atoms with Crippen molar-refractivity contribution in [1.29, 1.82) is 0 Å². The number of anilines is 1. The van der Waals surface area contributed by atoms with E-state index in [9.17, 15) is 0 Å². The molecule has 10 heavy (non-hydrogen) atoms. The maximum atomic E-state index is 9.03. The molecule has 2 aromatic heterocycles. The van der Waals surface area contributed by atoms with Crippen molar-refractivity contribution in [3.63, 3.8) is 0 Å². The Labute approximate surface area is 59.9 Å². The predicted octanol–water partition coefficient (Wildman–Crippen LogP) is 1.18. The van der Waals surface area contributed by atoms with Crippen molar-refractivity contribution < 1.29 is 9.52 Å². The second-order valence-electron chi connectivity index (χ2n) is 1.81. The van der Waals surface area contributed by atoms with Gasteiger partial charge >= 0.3 is 0 Å². The molecule has 0 aliphatic rings. The van der Waals surface area contributed by atoms with Crippen LogP contribution in [0.2, 0.25) is 0 Å². The molecule has 0 atom stereocenters. The number of hydrogen-bond acceptors (Lipinski definition) is 5. The Hall–Kier alpha value is -1.23. The van der Waals surface area contributed by atoms with Crippen molar-refractivity contribution in [2.75, 3.05) is 5.73 Å². The quantitative estimate of drug-likeness (QED) is 0.600. The van der Waals surface area contributed by atoms with E-state index in [4.69, 9.17) is 15.3 Å². The maximum absolute atomic E-state index is 9.03. The minimum Gasteiger partial charge on any atom is -0.498 e. The molecule has 2 heterocycles. The van der Waals surface area contributed by atoms with Gasteiger partial charge in [-0.1, -0.05) is 11.3 Å². The van der Waals surface area contributed by atoms with Crippen molar-refractivity contribution >= 4 is 27.4 Å². The summed E-state index contributed by atoms with van der Waals surface area (Å²) in [5, 5.41) is 9.10. The lowest BCUT2D eigenvalue weighted by Crippen LogP contribution is -1.78. The first-order valence-corrected chi connectivity index (χ1v) is 3.41. The third-order valence-electron chi connectivity index (χ3n) is 1.20. The molecule has 0 aromatic carbocycles. The van der Waals surface area contributed by atoms with Crippen molar-refractivity contribution in [3.05, 3.63) is 6.39 Å². The molecular formula is C5H4N2O2S. The first-order valence-electron chi connectivity index (χ1n) is 2.59. The molecule has 2 aromatic rings. The molecule has 5 heteroatoms. The van der Waals surface area contributed by atoms with Gasteiger partial charge < -0.3 is 15.3 Å². The second kappa shape index (κ2) is 1.63. The Morgan fingerprint density at radius 2 is 2.50 bits per heavy atom. The summed E-state index contributed by atoms with van der Waals surface area (Å²) in [5.41, 5.74) is 6.16. The van der Waals surface area contributed by atoms with Gasteiger partial charge in [-0.25, -0.2) is 4.98 Å². The highest BCUT2D eigenvalue weighted by Gasteiger charge is 2.10. The van der Waals surface area contributed by atoms with Gasteiger partial charge in [0.2, 0.25) is 5.06 Å². The van der Waals surface area contributed by atoms with Crippen molar-refractivity contribution in [3.8, 4) is 5.06 Å². The zero-order valence-electron chi connectivity index (χ0n) is 4.87. The average Bonchev–Trinajstić information content (AvgIpc) is 2.41. The summed E-state index contributed by atoms with van der Waals surface area (Å²) in [4.78, 5) is 4.45. The van der Waals surface area contributed by atoms with Crippen LogP contribution in [-0.4, -0.2) is 10.1 Å². The summed E-state index contributed by atoms with van der Waals surface area (Å²) < 4.78 is 4.88. The molecule has 2 rings (SSSR count). The molecule has 4 nitrogen and oxygen atoms in total. The van der Waals surface area contributed by atoms with Gasteiger partial charge in [-0.15, -0.1) is 0 Å². The van der Waals surface area contributed by atoms with Gasteiger partial charge in [0.05, 0.1) is 0 Å². The summed E-state index contributed by atoms with van der Waals surface area (Å²) in [5.74, 6) is 0. The minimum absolute atomic E-state index is 0.0712. The summed E-state index contributed by atoms with van der Waals surface area (Å²) in [7, 11) is 0. The van der Waals surface area contributed by atoms with Crippen LogP contribution in [0.4, 0.5) is 5.69 Å². The maximum Gasteiger partial charge on any atom is 0.200 e. The van der Waals surface area contributed by atoms with Crippen LogP contribution in [0.15, 0.2) is 10.8 Å². The summed E-state index contributed by atoms with van der Waals surface area (Å²) in [6.07, 6.45) is 1.30. The van der Waals surface area contributed by atoms with Crippen LogP contribution in [0.5, 0.6) is 5.06 Å². The molecule has 0 spiro atoms. The molecule has 0 saturated carbocycles. The number of thiophene rings is 1. The summed E-state index contributed by atoms with van der Waals surface area (Å²) in [6.45, 7) is 0. The molecule has 0 unspecified atom stereocenters. The topological polar surface area (TPSA) is 72.3 Å². The molecule has 0 amide bonds. The SMILES string of the molecule is Nc1c(O)sc2ncoc12. The van der Waals surface area contributed by atoms with Crippen LogP contribution >= 0.6 is 11.3 Å². The fraction of sp³-hybridized carbons (Fsp3) is 0. The molecule has 0 bridgehead atoms. The lowest BCUT2D eigenvalue weighted by Gasteiger charge is -1.82. The van der Waals surface area contributed by atoms with Crippen LogP contribution in [-0.2, 0) is 0 Å². The normalized spacial score (nSPS) is 10.8. The lowest BCUT2D eigenvalue weighted by atomic mass is 10.5. The highest BCUT2D eigenvalue weighted by atomic mass is 32.1. The van der Waals surface area contributed by atoms with Crippen LogP contribution in [0, 0.1) is 0 Å². The molecule has 0 aliphatic carbocycles. The number of nitrogens with two attached hydrogens (primary N) is 1. The van der Waals surface area contributed by atoms with Crippen molar-refractivity contribution in [2.45, 2.75) is 0 Å². The molecular weight excluding hydrogens is 152 g/mol. The Balaban J connectivity index is 2.95. The van der Waals surface area contributed by atoms with Crippen LogP contribution in [0.1, 0.15) is 0 Å². The first kappa shape index (κ1) is 5.55. The van der Waals surface area contributed by atoms with Gasteiger partial charge in [0.15, 0.2) is 16.8 Å². The number of aromatic nitrogens is 1. The van der Waals surface area contributed by atoms with E-state index in [0.29, 0.717) is 10.4 Å². The average molecular weight is 156 g/mol. The second-order valence-corrected chi connectivity index (χ2v) is 2.79. The van der Waals surface area contributed by atoms with E-state index < -0.39 is 0 Å². The monoisotopic (exact) mass is 156 g/mol. The number of nitrogens with zero attached hydrogens (tertiary/aromatic N) is 1. The zero-order valence-corrected chi connectivity index (χ0v) is 5.68. The number of oxazole rings is 1. The smallest absolute Gasteiger partial charge is 0.200 e. The minimum atomic E-state index is 0.0712. The van der Waals surface area contributed by atoms with Gasteiger partial charge in [-0.05, 0) is 0 Å². The van der Waals surface area contributed by atoms with Gasteiger partial charge in [-0.3, -0.25) is 0 Å². The number of fused-ring (bicyclic) bond motifs is 1. The van der Waals surface area contributed by atoms with Crippen LogP contribution in [0.25, 0.3) is 10.4 Å². The molecule has 0 saturated heterocycles. The van der Waals surface area contributed by atoms with E-state index in [1.165, 1.54) is 6.39 Å². The summed E-state index contributed by atoms with van der Waals surface area (Å²) in [6, 6.07) is 0. The van der Waals surface area contributed by atoms with Gasteiger partial charge in [0.1, 0.15) is 5.69 Å². The fourth-order valence-electron chi connectivity index (χ4n) is 0.731. The largest absolute Gasteiger partial charge is 0.498 e. The fourth-order valence-corrected chi connectivity index (χ4v) is 1.46. The standard InChI is InChI=1S/C5H4N2O2S/c6-2-3-4(7-1-9-3)10-5(2)8/h1,8H,6H2. The predicted molar refractivity (Wildman–Crippen MR) is 38.0 cm³/mol. The van der Waals surface area contributed by atoms with E-state index >= 15 is 0 Å². The Morgan fingerprint density at radius 3 is 3.20 bits per heavy atom. The highest BCUT2D eigenvalue weighted by Crippen LogP contribution is 2.37. The van der Waals surface area contributed by atoms with Crippen LogP contribution < -0.4 is 5.73 Å². The van der Waals surface area contributed by atoms with E-state index in [0.717, 1.165) is 11.3 Å². The van der Waals surface area contributed by atoms with Crippen molar-refractivity contribution in [2.24, 2.45) is 0 Å². The Bertz CT molecular complexity index is 364. The van der Waals surface area contributed by atoms with Crippen molar-refractivity contribution in [1.82, 2.24) is 4.98 Å². The molecule has 0 fully saturated rings. The Kier molecular flexibility index (Phi) is 0.906. The van der Waals surface area contributed by atoms with E-state index in [2.05, 4.69) is 4.98 Å². The Morgan fingerprint density at radius 1 is 1.70 bits per heavy atom. The zero-order chi connectivity index (χ0) is 7.14. The van der Waals surface area contributed by atoms with Gasteiger partial charge in [0.25, 0.3) is 0 Å². The van der Waals surface area contributed by atoms with Gasteiger partial charge in [0, 0.05) is 0 Å². The third-order valence-corrected chi connectivity index (χ3v) is 2.10. The van der Waals surface area contributed by atoms with E-state index in [-0.39, 0.29) is 10.8 Å². The molecule has 0 aliphatic heterocycles. The van der Waals surface area contributed by atoms with E-state index in [1.807, 2.05) is 0 Å². The number of aromatic hydroxyl groups is 1. The van der Waals surface area contributed by atoms with E-state index in [1.54, 1.807) is 0 Å². The number of hydrogen-bond donors (Lipinski definition) is 2. The summed E-state index contributed by atoms with van der Waals surface area (Å²) >= 11 is 1.11. The van der Waals surface area contributed by atoms with Gasteiger partial charge in [-0.2, -0.15) is 0 Å². The molecule has 0 radical (unpaired) electrons.